The summed E-state index contributed by atoms with van der Waals surface area (Å²) in [6, 6.07) is 0.0818. The molecular weight excluding hydrogens is 248 g/mol. The van der Waals surface area contributed by atoms with Crippen LogP contribution in [-0.4, -0.2) is 28.0 Å². The second-order valence-electron chi connectivity index (χ2n) is 4.65. The van der Waals surface area contributed by atoms with Gasteiger partial charge < -0.3 is 10.1 Å². The molecule has 0 bridgehead atoms. The number of rotatable bonds is 6. The first-order valence-corrected chi connectivity index (χ1v) is 6.27. The third kappa shape index (κ3) is 3.52. The molecule has 106 valence electrons. The number of anilines is 1. The lowest BCUT2D eigenvalue weighted by Gasteiger charge is -2.15. The number of nitrogens with one attached hydrogen (secondary N) is 1. The van der Waals surface area contributed by atoms with E-state index in [4.69, 9.17) is 4.74 Å². The molecule has 7 heteroatoms. The highest BCUT2D eigenvalue weighted by atomic mass is 16.6. The fourth-order valence-corrected chi connectivity index (χ4v) is 1.45. The van der Waals surface area contributed by atoms with Crippen LogP contribution in [0.25, 0.3) is 0 Å². The molecule has 1 aromatic rings. The average Bonchev–Trinajstić information content (AvgIpc) is 2.36. The van der Waals surface area contributed by atoms with Gasteiger partial charge in [0.05, 0.1) is 12.0 Å². The smallest absolute Gasteiger partial charge is 0.372 e. The zero-order valence-electron chi connectivity index (χ0n) is 11.9. The molecule has 1 atom stereocenters. The molecule has 0 saturated carbocycles. The normalized spacial score (nSPS) is 12.3. The van der Waals surface area contributed by atoms with E-state index in [9.17, 15) is 10.1 Å². The lowest BCUT2D eigenvalue weighted by molar-refractivity contribution is -0.385. The van der Waals surface area contributed by atoms with Gasteiger partial charge in [-0.15, -0.1) is 0 Å². The first kappa shape index (κ1) is 15.1. The molecular formula is C12H20N4O3. The summed E-state index contributed by atoms with van der Waals surface area (Å²) < 4.78 is 5.02. The Kier molecular flexibility index (Phi) is 5.02. The van der Waals surface area contributed by atoms with Gasteiger partial charge in [0.2, 0.25) is 5.82 Å². The van der Waals surface area contributed by atoms with Crippen molar-refractivity contribution in [3.63, 3.8) is 0 Å². The van der Waals surface area contributed by atoms with Crippen LogP contribution in [0.1, 0.15) is 45.9 Å². The Bertz CT molecular complexity index is 463. The summed E-state index contributed by atoms with van der Waals surface area (Å²) in [7, 11) is 1.37. The Hall–Kier alpha value is -1.92. The molecule has 0 spiro atoms. The maximum atomic E-state index is 11.2. The molecule has 1 unspecified atom stereocenters. The predicted octanol–water partition coefficient (Wildman–Crippen LogP) is 2.73. The fourth-order valence-electron chi connectivity index (χ4n) is 1.45. The van der Waals surface area contributed by atoms with Crippen molar-refractivity contribution in [1.82, 2.24) is 9.97 Å². The van der Waals surface area contributed by atoms with Crippen LogP contribution >= 0.6 is 0 Å². The zero-order chi connectivity index (χ0) is 14.6. The van der Waals surface area contributed by atoms with Crippen molar-refractivity contribution in [2.75, 3.05) is 12.4 Å². The minimum Gasteiger partial charge on any atom is -0.476 e. The van der Waals surface area contributed by atoms with Crippen LogP contribution in [0.2, 0.25) is 0 Å². The molecule has 1 N–H and O–H groups in total. The maximum Gasteiger partial charge on any atom is 0.372 e. The minimum atomic E-state index is -0.520. The molecule has 0 aliphatic heterocycles. The lowest BCUT2D eigenvalue weighted by atomic mass is 10.2. The highest BCUT2D eigenvalue weighted by Gasteiger charge is 2.27. The maximum absolute atomic E-state index is 11.2. The van der Waals surface area contributed by atoms with Crippen molar-refractivity contribution in [2.45, 2.75) is 46.1 Å². The lowest BCUT2D eigenvalue weighted by Crippen LogP contribution is -2.17. The summed E-state index contributed by atoms with van der Waals surface area (Å²) in [5, 5.41) is 14.2. The second kappa shape index (κ2) is 6.31. The van der Waals surface area contributed by atoms with Crippen molar-refractivity contribution >= 4 is 11.5 Å². The molecule has 1 rings (SSSR count). The van der Waals surface area contributed by atoms with Gasteiger partial charge in [-0.2, -0.15) is 4.98 Å². The summed E-state index contributed by atoms with van der Waals surface area (Å²) in [5.74, 6) is 0.796. The standard InChI is InChI=1S/C12H20N4O3/c1-6-8(4)13-11-9(16(17)18)12(19-5)15-10(14-11)7(2)3/h7-8H,6H2,1-5H3,(H,13,14,15). The Morgan fingerprint density at radius 1 is 1.37 bits per heavy atom. The van der Waals surface area contributed by atoms with Gasteiger partial charge in [0.15, 0.2) is 0 Å². The van der Waals surface area contributed by atoms with Gasteiger partial charge in [0.1, 0.15) is 5.82 Å². The van der Waals surface area contributed by atoms with Crippen LogP contribution in [0.15, 0.2) is 0 Å². The molecule has 0 aliphatic carbocycles. The summed E-state index contributed by atoms with van der Waals surface area (Å²) in [4.78, 5) is 19.0. The molecule has 1 aromatic heterocycles. The number of ether oxygens (including phenoxy) is 1. The van der Waals surface area contributed by atoms with E-state index in [1.807, 2.05) is 27.7 Å². The van der Waals surface area contributed by atoms with Gasteiger partial charge in [-0.05, 0) is 13.3 Å². The number of hydrogen-bond acceptors (Lipinski definition) is 6. The van der Waals surface area contributed by atoms with Crippen LogP contribution in [0, 0.1) is 10.1 Å². The number of hydrogen-bond donors (Lipinski definition) is 1. The largest absolute Gasteiger partial charge is 0.476 e. The summed E-state index contributed by atoms with van der Waals surface area (Å²) in [6.07, 6.45) is 0.834. The number of nitrogens with zero attached hydrogens (tertiary/aromatic N) is 3. The van der Waals surface area contributed by atoms with E-state index in [1.54, 1.807) is 0 Å². The molecule has 1 heterocycles. The fraction of sp³-hybridized carbons (Fsp3) is 0.667. The predicted molar refractivity (Wildman–Crippen MR) is 72.7 cm³/mol. The Labute approximate surface area is 112 Å². The van der Waals surface area contributed by atoms with Crippen molar-refractivity contribution in [2.24, 2.45) is 0 Å². The van der Waals surface area contributed by atoms with Gasteiger partial charge in [-0.25, -0.2) is 4.98 Å². The molecule has 0 fully saturated rings. The number of aromatic nitrogens is 2. The summed E-state index contributed by atoms with van der Waals surface area (Å²) in [5.41, 5.74) is -0.216. The van der Waals surface area contributed by atoms with E-state index >= 15 is 0 Å². The minimum absolute atomic E-state index is 0.00509. The van der Waals surface area contributed by atoms with E-state index in [0.717, 1.165) is 6.42 Å². The van der Waals surface area contributed by atoms with Crippen molar-refractivity contribution in [3.8, 4) is 5.88 Å². The Morgan fingerprint density at radius 2 is 2.00 bits per heavy atom. The van der Waals surface area contributed by atoms with E-state index < -0.39 is 4.92 Å². The molecule has 0 radical (unpaired) electrons. The van der Waals surface area contributed by atoms with Gasteiger partial charge in [0, 0.05) is 12.0 Å². The second-order valence-corrected chi connectivity index (χ2v) is 4.65. The van der Waals surface area contributed by atoms with E-state index in [0.29, 0.717) is 5.82 Å². The average molecular weight is 268 g/mol. The van der Waals surface area contributed by atoms with Crippen molar-refractivity contribution in [3.05, 3.63) is 15.9 Å². The Balaban J connectivity index is 3.36. The summed E-state index contributed by atoms with van der Waals surface area (Å²) in [6.45, 7) is 7.78. The first-order chi connectivity index (χ1) is 8.90. The molecule has 0 saturated heterocycles. The van der Waals surface area contributed by atoms with Crippen LogP contribution in [-0.2, 0) is 0 Å². The highest BCUT2D eigenvalue weighted by molar-refractivity contribution is 5.62. The van der Waals surface area contributed by atoms with E-state index in [2.05, 4.69) is 15.3 Å². The molecule has 0 aromatic carbocycles. The molecule has 7 nitrogen and oxygen atoms in total. The van der Waals surface area contributed by atoms with Gasteiger partial charge >= 0.3 is 5.69 Å². The van der Waals surface area contributed by atoms with Gasteiger partial charge in [0.25, 0.3) is 5.88 Å². The highest BCUT2D eigenvalue weighted by Crippen LogP contribution is 2.33. The first-order valence-electron chi connectivity index (χ1n) is 6.27. The number of methoxy groups -OCH3 is 1. The summed E-state index contributed by atoms with van der Waals surface area (Å²) >= 11 is 0. The topological polar surface area (TPSA) is 90.2 Å². The third-order valence-electron chi connectivity index (χ3n) is 2.76. The monoisotopic (exact) mass is 268 g/mol. The van der Waals surface area contributed by atoms with Gasteiger partial charge in [-0.3, -0.25) is 10.1 Å². The van der Waals surface area contributed by atoms with Gasteiger partial charge in [-0.1, -0.05) is 20.8 Å². The third-order valence-corrected chi connectivity index (χ3v) is 2.76. The zero-order valence-corrected chi connectivity index (χ0v) is 11.9. The molecule has 0 amide bonds. The van der Waals surface area contributed by atoms with Crippen LogP contribution < -0.4 is 10.1 Å². The van der Waals surface area contributed by atoms with Crippen LogP contribution in [0.5, 0.6) is 5.88 Å². The SMILES string of the molecule is CCC(C)Nc1nc(C(C)C)nc(OC)c1[N+](=O)[O-]. The Morgan fingerprint density at radius 3 is 2.42 bits per heavy atom. The van der Waals surface area contributed by atoms with E-state index in [-0.39, 0.29) is 29.3 Å². The van der Waals surface area contributed by atoms with Crippen LogP contribution in [0.4, 0.5) is 11.5 Å². The molecule has 0 aliphatic rings. The van der Waals surface area contributed by atoms with Crippen molar-refractivity contribution in [1.29, 1.82) is 0 Å². The van der Waals surface area contributed by atoms with Crippen LogP contribution in [0.3, 0.4) is 0 Å². The van der Waals surface area contributed by atoms with E-state index in [1.165, 1.54) is 7.11 Å². The quantitative estimate of drug-likeness (QED) is 0.630. The number of nitro groups is 1. The van der Waals surface area contributed by atoms with Crippen molar-refractivity contribution < 1.29 is 9.66 Å². The molecule has 19 heavy (non-hydrogen) atoms.